The Hall–Kier alpha value is -1.01. The van der Waals surface area contributed by atoms with E-state index in [1.54, 1.807) is 6.20 Å². The molecule has 0 bridgehead atoms. The highest BCUT2D eigenvalue weighted by Gasteiger charge is 2.13. The zero-order chi connectivity index (χ0) is 12.8. The van der Waals surface area contributed by atoms with Crippen LogP contribution in [0.1, 0.15) is 38.0 Å². The Morgan fingerprint density at radius 1 is 1.47 bits per heavy atom. The first-order valence-corrected chi connectivity index (χ1v) is 5.67. The Labute approximate surface area is 99.7 Å². The molecule has 0 aliphatic carbocycles. The Morgan fingerprint density at radius 3 is 2.76 bits per heavy atom. The van der Waals surface area contributed by atoms with E-state index >= 15 is 0 Å². The Morgan fingerprint density at radius 2 is 2.18 bits per heavy atom. The third-order valence-corrected chi connectivity index (χ3v) is 2.39. The van der Waals surface area contributed by atoms with E-state index in [0.717, 1.165) is 5.69 Å². The van der Waals surface area contributed by atoms with Crippen LogP contribution in [0.15, 0.2) is 12.3 Å². The van der Waals surface area contributed by atoms with Crippen molar-refractivity contribution in [2.75, 3.05) is 13.2 Å². The molecule has 17 heavy (non-hydrogen) atoms. The van der Waals surface area contributed by atoms with Gasteiger partial charge < -0.3 is 10.5 Å². The van der Waals surface area contributed by atoms with E-state index in [4.69, 9.17) is 10.5 Å². The van der Waals surface area contributed by atoms with Crippen LogP contribution in [0.3, 0.4) is 0 Å². The van der Waals surface area contributed by atoms with Crippen molar-refractivity contribution in [2.45, 2.75) is 38.8 Å². The first-order chi connectivity index (χ1) is 8.02. The van der Waals surface area contributed by atoms with Crippen molar-refractivity contribution >= 4 is 0 Å². The number of hydrogen-bond donors (Lipinski definition) is 1. The lowest BCUT2D eigenvalue weighted by atomic mass is 10.1. The topological polar surface area (TPSA) is 53.1 Å². The van der Waals surface area contributed by atoms with Crippen molar-refractivity contribution in [3.63, 3.8) is 0 Å². The molecule has 0 saturated heterocycles. The lowest BCUT2D eigenvalue weighted by Gasteiger charge is -2.16. The molecule has 6 heteroatoms. The fraction of sp³-hybridized carbons (Fsp3) is 0.727. The van der Waals surface area contributed by atoms with Crippen LogP contribution in [-0.4, -0.2) is 29.4 Å². The third-order valence-electron chi connectivity index (χ3n) is 2.39. The fourth-order valence-corrected chi connectivity index (χ4v) is 1.58. The zero-order valence-electron chi connectivity index (χ0n) is 10.1. The van der Waals surface area contributed by atoms with Gasteiger partial charge in [-0.15, -0.1) is 0 Å². The number of nitrogens with zero attached hydrogens (tertiary/aromatic N) is 2. The molecule has 1 atom stereocenters. The summed E-state index contributed by atoms with van der Waals surface area (Å²) in [7, 11) is 0. The second-order valence-corrected chi connectivity index (χ2v) is 4.16. The van der Waals surface area contributed by atoms with Crippen LogP contribution in [0.2, 0.25) is 0 Å². The molecule has 1 aromatic rings. The van der Waals surface area contributed by atoms with Crippen molar-refractivity contribution in [1.29, 1.82) is 0 Å². The van der Waals surface area contributed by atoms with Gasteiger partial charge in [0.2, 0.25) is 0 Å². The fourth-order valence-electron chi connectivity index (χ4n) is 1.58. The maximum absolute atomic E-state index is 11.8. The number of alkyl halides is 2. The highest BCUT2D eigenvalue weighted by atomic mass is 19.3. The number of halogens is 2. The van der Waals surface area contributed by atoms with E-state index in [0.29, 0.717) is 6.42 Å². The summed E-state index contributed by atoms with van der Waals surface area (Å²) in [6, 6.07) is 1.84. The van der Waals surface area contributed by atoms with Gasteiger partial charge in [-0.25, -0.2) is 8.78 Å². The lowest BCUT2D eigenvalue weighted by molar-refractivity contribution is 0.0150. The van der Waals surface area contributed by atoms with Crippen LogP contribution in [0, 0.1) is 0 Å². The minimum Gasteiger partial charge on any atom is -0.375 e. The van der Waals surface area contributed by atoms with Gasteiger partial charge in [0, 0.05) is 24.9 Å². The quantitative estimate of drug-likeness (QED) is 0.751. The molecule has 2 N–H and O–H groups in total. The number of nitrogens with two attached hydrogens (primary N) is 1. The molecule has 0 fully saturated rings. The molecule has 0 aliphatic rings. The summed E-state index contributed by atoms with van der Waals surface area (Å²) in [5.41, 5.74) is 6.87. The van der Waals surface area contributed by atoms with Gasteiger partial charge in [0.05, 0.1) is 5.69 Å². The summed E-state index contributed by atoms with van der Waals surface area (Å²) in [5, 5.41) is 4.17. The van der Waals surface area contributed by atoms with Crippen LogP contribution in [0.5, 0.6) is 0 Å². The second kappa shape index (κ2) is 6.66. The van der Waals surface area contributed by atoms with E-state index in [1.807, 2.05) is 24.6 Å². The number of ether oxygens (including phenoxy) is 1. The molecule has 0 amide bonds. The number of rotatable bonds is 7. The molecule has 0 saturated carbocycles. The van der Waals surface area contributed by atoms with Gasteiger partial charge in [0.25, 0.3) is 6.43 Å². The largest absolute Gasteiger partial charge is 0.375 e. The standard InChI is InChI=1S/C11H19F2N3O/c1-8(2)16-10(3-5-15-16)9(14)4-6-17-7-11(12)13/h3,5,8-9,11H,4,6-7,14H2,1-2H3. The minimum absolute atomic E-state index is 0.230. The van der Waals surface area contributed by atoms with Crippen molar-refractivity contribution < 1.29 is 13.5 Å². The highest BCUT2D eigenvalue weighted by Crippen LogP contribution is 2.17. The average molecular weight is 247 g/mol. The maximum Gasteiger partial charge on any atom is 0.261 e. The van der Waals surface area contributed by atoms with Gasteiger partial charge in [0.15, 0.2) is 0 Å². The Balaban J connectivity index is 2.41. The summed E-state index contributed by atoms with van der Waals surface area (Å²) in [6.07, 6.45) is -0.229. The SMILES string of the molecule is CC(C)n1nccc1C(N)CCOCC(F)F. The van der Waals surface area contributed by atoms with E-state index in [2.05, 4.69) is 5.10 Å². The molecule has 1 unspecified atom stereocenters. The van der Waals surface area contributed by atoms with Gasteiger partial charge in [-0.3, -0.25) is 4.68 Å². The van der Waals surface area contributed by atoms with Crippen molar-refractivity contribution in [3.05, 3.63) is 18.0 Å². The molecule has 0 radical (unpaired) electrons. The molecular weight excluding hydrogens is 228 g/mol. The molecule has 1 heterocycles. The zero-order valence-corrected chi connectivity index (χ0v) is 10.1. The van der Waals surface area contributed by atoms with Crippen LogP contribution in [0.4, 0.5) is 8.78 Å². The van der Waals surface area contributed by atoms with Gasteiger partial charge >= 0.3 is 0 Å². The summed E-state index contributed by atoms with van der Waals surface area (Å²) in [6.45, 7) is 3.72. The van der Waals surface area contributed by atoms with Gasteiger partial charge in [-0.2, -0.15) is 5.10 Å². The van der Waals surface area contributed by atoms with E-state index < -0.39 is 13.0 Å². The maximum atomic E-state index is 11.8. The molecule has 0 aromatic carbocycles. The van der Waals surface area contributed by atoms with Crippen LogP contribution >= 0.6 is 0 Å². The van der Waals surface area contributed by atoms with Crippen molar-refractivity contribution in [3.8, 4) is 0 Å². The smallest absolute Gasteiger partial charge is 0.261 e. The van der Waals surface area contributed by atoms with Crippen molar-refractivity contribution in [2.24, 2.45) is 5.73 Å². The van der Waals surface area contributed by atoms with E-state index in [9.17, 15) is 8.78 Å². The normalized spacial score (nSPS) is 13.6. The summed E-state index contributed by atoms with van der Waals surface area (Å²) in [4.78, 5) is 0. The minimum atomic E-state index is -2.42. The monoisotopic (exact) mass is 247 g/mol. The predicted molar refractivity (Wildman–Crippen MR) is 61.0 cm³/mol. The summed E-state index contributed by atoms with van der Waals surface area (Å²) >= 11 is 0. The summed E-state index contributed by atoms with van der Waals surface area (Å²) in [5.74, 6) is 0. The summed E-state index contributed by atoms with van der Waals surface area (Å²) < 4.78 is 30.3. The van der Waals surface area contributed by atoms with Crippen LogP contribution < -0.4 is 5.73 Å². The lowest BCUT2D eigenvalue weighted by Crippen LogP contribution is -2.19. The third kappa shape index (κ3) is 4.40. The molecular formula is C11H19F2N3O. The van der Waals surface area contributed by atoms with E-state index in [-0.39, 0.29) is 18.7 Å². The number of aromatic nitrogens is 2. The molecule has 0 spiro atoms. The molecule has 1 rings (SSSR count). The molecule has 4 nitrogen and oxygen atoms in total. The van der Waals surface area contributed by atoms with Crippen molar-refractivity contribution in [1.82, 2.24) is 9.78 Å². The van der Waals surface area contributed by atoms with Gasteiger partial charge in [-0.05, 0) is 26.3 Å². The highest BCUT2D eigenvalue weighted by molar-refractivity contribution is 5.06. The predicted octanol–water partition coefficient (Wildman–Crippen LogP) is 2.14. The molecule has 0 aliphatic heterocycles. The van der Waals surface area contributed by atoms with Gasteiger partial charge in [-0.1, -0.05) is 0 Å². The van der Waals surface area contributed by atoms with Crippen LogP contribution in [0.25, 0.3) is 0 Å². The number of hydrogen-bond acceptors (Lipinski definition) is 3. The first kappa shape index (κ1) is 14.1. The molecule has 98 valence electrons. The Kier molecular flexibility index (Phi) is 5.50. The van der Waals surface area contributed by atoms with Crippen LogP contribution in [-0.2, 0) is 4.74 Å². The second-order valence-electron chi connectivity index (χ2n) is 4.16. The van der Waals surface area contributed by atoms with E-state index in [1.165, 1.54) is 0 Å². The Bertz CT molecular complexity index is 328. The molecule has 1 aromatic heterocycles. The first-order valence-electron chi connectivity index (χ1n) is 5.67. The van der Waals surface area contributed by atoms with Gasteiger partial charge in [0.1, 0.15) is 6.61 Å². The average Bonchev–Trinajstić information content (AvgIpc) is 2.72.